The Morgan fingerprint density at radius 3 is 2.71 bits per heavy atom. The predicted octanol–water partition coefficient (Wildman–Crippen LogP) is 1.53. The fourth-order valence-corrected chi connectivity index (χ4v) is 1.90. The molecule has 2 N–H and O–H groups in total. The first kappa shape index (κ1) is 15.0. The predicted molar refractivity (Wildman–Crippen MR) is 80.2 cm³/mol. The van der Waals surface area contributed by atoms with Crippen molar-refractivity contribution in [2.45, 2.75) is 34.2 Å². The second-order valence-corrected chi connectivity index (χ2v) is 6.03. The molecular weight excluding hydrogens is 268 g/mol. The van der Waals surface area contributed by atoms with Gasteiger partial charge in [-0.1, -0.05) is 20.8 Å². The van der Waals surface area contributed by atoms with Crippen LogP contribution in [0.1, 0.15) is 32.0 Å². The number of carbonyl (C=O) groups is 1. The van der Waals surface area contributed by atoms with Crippen molar-refractivity contribution in [3.05, 3.63) is 46.0 Å². The fraction of sp³-hybridized carbons (Fsp3) is 0.400. The molecule has 0 fully saturated rings. The zero-order valence-corrected chi connectivity index (χ0v) is 12.7. The third-order valence-corrected chi connectivity index (χ3v) is 3.09. The van der Waals surface area contributed by atoms with Crippen LogP contribution in [0, 0.1) is 12.3 Å². The van der Waals surface area contributed by atoms with Gasteiger partial charge in [0.05, 0.1) is 12.1 Å². The van der Waals surface area contributed by atoms with E-state index in [1.54, 1.807) is 23.1 Å². The molecule has 21 heavy (non-hydrogen) atoms. The number of H-pyrrole nitrogens is 1. The summed E-state index contributed by atoms with van der Waals surface area (Å²) in [6.45, 7) is 7.47. The maximum Gasteiger partial charge on any atom is 0.225 e. The number of hydrogen-bond acceptors (Lipinski definition) is 3. The lowest BCUT2D eigenvalue weighted by molar-refractivity contribution is -0.128. The SMILES string of the molecule is Cc1cc(=O)c(CNC(=O)C(C)(C)C)c(-n2cccn2)[nH]1. The lowest BCUT2D eigenvalue weighted by atomic mass is 9.95. The number of aryl methyl sites for hydroxylation is 1. The Kier molecular flexibility index (Phi) is 3.97. The Morgan fingerprint density at radius 1 is 1.43 bits per heavy atom. The highest BCUT2D eigenvalue weighted by Crippen LogP contribution is 2.14. The molecule has 0 radical (unpaired) electrons. The smallest absolute Gasteiger partial charge is 0.225 e. The normalized spacial score (nSPS) is 11.4. The number of pyridine rings is 1. The van der Waals surface area contributed by atoms with Gasteiger partial charge in [-0.2, -0.15) is 5.10 Å². The van der Waals surface area contributed by atoms with Crippen LogP contribution in [-0.4, -0.2) is 20.7 Å². The van der Waals surface area contributed by atoms with Gasteiger partial charge in [-0.15, -0.1) is 0 Å². The third-order valence-electron chi connectivity index (χ3n) is 3.09. The monoisotopic (exact) mass is 288 g/mol. The van der Waals surface area contributed by atoms with E-state index in [9.17, 15) is 9.59 Å². The van der Waals surface area contributed by atoms with Gasteiger partial charge in [0.25, 0.3) is 0 Å². The van der Waals surface area contributed by atoms with Gasteiger partial charge in [0.15, 0.2) is 5.43 Å². The van der Waals surface area contributed by atoms with Crippen LogP contribution in [0.2, 0.25) is 0 Å². The van der Waals surface area contributed by atoms with E-state index >= 15 is 0 Å². The van der Waals surface area contributed by atoms with E-state index in [1.165, 1.54) is 6.07 Å². The molecule has 0 spiro atoms. The van der Waals surface area contributed by atoms with E-state index in [2.05, 4.69) is 15.4 Å². The van der Waals surface area contributed by atoms with Crippen molar-refractivity contribution in [1.82, 2.24) is 20.1 Å². The molecular formula is C15H20N4O2. The molecule has 0 aromatic carbocycles. The zero-order chi connectivity index (χ0) is 15.6. The molecule has 2 aromatic rings. The van der Waals surface area contributed by atoms with Crippen molar-refractivity contribution in [2.24, 2.45) is 5.41 Å². The van der Waals surface area contributed by atoms with Gasteiger partial charge in [0, 0.05) is 29.6 Å². The number of nitrogens with one attached hydrogen (secondary N) is 2. The lowest BCUT2D eigenvalue weighted by Gasteiger charge is -2.18. The van der Waals surface area contributed by atoms with Crippen LogP contribution in [0.5, 0.6) is 0 Å². The highest BCUT2D eigenvalue weighted by molar-refractivity contribution is 5.81. The second-order valence-electron chi connectivity index (χ2n) is 6.03. The largest absolute Gasteiger partial charge is 0.351 e. The van der Waals surface area contributed by atoms with Crippen LogP contribution in [0.15, 0.2) is 29.3 Å². The van der Waals surface area contributed by atoms with E-state index in [0.717, 1.165) is 5.69 Å². The third kappa shape index (κ3) is 3.39. The van der Waals surface area contributed by atoms with Gasteiger partial charge in [-0.3, -0.25) is 9.59 Å². The van der Waals surface area contributed by atoms with Crippen molar-refractivity contribution in [1.29, 1.82) is 0 Å². The van der Waals surface area contributed by atoms with Crippen LogP contribution in [-0.2, 0) is 11.3 Å². The molecule has 2 aromatic heterocycles. The van der Waals surface area contributed by atoms with E-state index in [4.69, 9.17) is 0 Å². The Bertz CT molecular complexity index is 693. The first-order valence-electron chi connectivity index (χ1n) is 6.80. The maximum absolute atomic E-state index is 12.2. The Labute approximate surface area is 123 Å². The summed E-state index contributed by atoms with van der Waals surface area (Å²) in [6, 6.07) is 3.30. The molecule has 0 bridgehead atoms. The van der Waals surface area contributed by atoms with Crippen molar-refractivity contribution in [2.75, 3.05) is 0 Å². The summed E-state index contributed by atoms with van der Waals surface area (Å²) in [6.07, 6.45) is 3.39. The number of rotatable bonds is 3. The molecule has 0 aliphatic heterocycles. The summed E-state index contributed by atoms with van der Waals surface area (Å²) in [5, 5.41) is 6.94. The van der Waals surface area contributed by atoms with Gasteiger partial charge in [0.2, 0.25) is 5.91 Å². The van der Waals surface area contributed by atoms with Gasteiger partial charge >= 0.3 is 0 Å². The van der Waals surface area contributed by atoms with Gasteiger partial charge in [-0.25, -0.2) is 4.68 Å². The van der Waals surface area contributed by atoms with E-state index < -0.39 is 5.41 Å². The standard InChI is InChI=1S/C15H20N4O2/c1-10-8-12(20)11(9-16-14(21)15(2,3)4)13(18-10)19-7-5-6-17-19/h5-8H,9H2,1-4H3,(H,16,21)(H,18,20). The first-order valence-corrected chi connectivity index (χ1v) is 6.80. The highest BCUT2D eigenvalue weighted by atomic mass is 16.2. The minimum atomic E-state index is -0.497. The summed E-state index contributed by atoms with van der Waals surface area (Å²) in [5.41, 5.74) is 0.618. The summed E-state index contributed by atoms with van der Waals surface area (Å²) >= 11 is 0. The quantitative estimate of drug-likeness (QED) is 0.899. The van der Waals surface area contributed by atoms with Crippen molar-refractivity contribution in [3.8, 4) is 5.82 Å². The molecule has 0 aliphatic rings. The molecule has 1 amide bonds. The Balaban J connectivity index is 2.35. The van der Waals surface area contributed by atoms with Crippen LogP contribution in [0.25, 0.3) is 5.82 Å². The number of aromatic nitrogens is 3. The van der Waals surface area contributed by atoms with Crippen molar-refractivity contribution >= 4 is 5.91 Å². The summed E-state index contributed by atoms with van der Waals surface area (Å²) < 4.78 is 1.59. The average molecular weight is 288 g/mol. The minimum absolute atomic E-state index is 0.103. The van der Waals surface area contributed by atoms with Crippen LogP contribution < -0.4 is 10.7 Å². The average Bonchev–Trinajstić information content (AvgIpc) is 2.89. The summed E-state index contributed by atoms with van der Waals surface area (Å²) in [5.74, 6) is 0.480. The first-order chi connectivity index (χ1) is 9.79. The number of carbonyl (C=O) groups excluding carboxylic acids is 1. The van der Waals surface area contributed by atoms with Gasteiger partial charge in [-0.05, 0) is 13.0 Å². The molecule has 2 heterocycles. The van der Waals surface area contributed by atoms with Crippen LogP contribution in [0.3, 0.4) is 0 Å². The molecule has 6 heteroatoms. The highest BCUT2D eigenvalue weighted by Gasteiger charge is 2.21. The minimum Gasteiger partial charge on any atom is -0.351 e. The van der Waals surface area contributed by atoms with Gasteiger partial charge in [0.1, 0.15) is 5.82 Å². The molecule has 0 saturated heterocycles. The maximum atomic E-state index is 12.2. The van der Waals surface area contributed by atoms with E-state index in [-0.39, 0.29) is 17.9 Å². The zero-order valence-electron chi connectivity index (χ0n) is 12.7. The summed E-state index contributed by atoms with van der Waals surface area (Å²) in [7, 11) is 0. The lowest BCUT2D eigenvalue weighted by Crippen LogP contribution is -2.36. The fourth-order valence-electron chi connectivity index (χ4n) is 1.90. The molecule has 0 saturated carbocycles. The number of aromatic amines is 1. The van der Waals surface area contributed by atoms with E-state index in [0.29, 0.717) is 11.4 Å². The van der Waals surface area contributed by atoms with Crippen molar-refractivity contribution < 1.29 is 4.79 Å². The number of nitrogens with zero attached hydrogens (tertiary/aromatic N) is 2. The Morgan fingerprint density at radius 2 is 2.14 bits per heavy atom. The van der Waals surface area contributed by atoms with Crippen LogP contribution in [0.4, 0.5) is 0 Å². The topological polar surface area (TPSA) is 79.8 Å². The molecule has 0 unspecified atom stereocenters. The number of amides is 1. The molecule has 0 aliphatic carbocycles. The van der Waals surface area contributed by atoms with Crippen LogP contribution >= 0.6 is 0 Å². The van der Waals surface area contributed by atoms with E-state index in [1.807, 2.05) is 27.7 Å². The van der Waals surface area contributed by atoms with Gasteiger partial charge < -0.3 is 10.3 Å². The molecule has 6 nitrogen and oxygen atoms in total. The van der Waals surface area contributed by atoms with Crippen molar-refractivity contribution in [3.63, 3.8) is 0 Å². The number of hydrogen-bond donors (Lipinski definition) is 2. The summed E-state index contributed by atoms with van der Waals surface area (Å²) in [4.78, 5) is 27.3. The molecule has 112 valence electrons. The molecule has 2 rings (SSSR count). The second kappa shape index (κ2) is 5.55. The molecule has 0 atom stereocenters. The Hall–Kier alpha value is -2.37.